The number of fused-ring (bicyclic) bond motifs is 1. The maximum atomic E-state index is 11.0. The zero-order valence-electron chi connectivity index (χ0n) is 11.9. The van der Waals surface area contributed by atoms with Gasteiger partial charge >= 0.3 is 0 Å². The number of carbonyl (C=O) groups is 1. The normalized spacial score (nSPS) is 16.3. The van der Waals surface area contributed by atoms with E-state index in [9.17, 15) is 4.79 Å². The van der Waals surface area contributed by atoms with E-state index in [1.165, 1.54) is 17.4 Å². The summed E-state index contributed by atoms with van der Waals surface area (Å²) in [4.78, 5) is 12.4. The minimum atomic E-state index is -0.0460. The monoisotopic (exact) mass is 298 g/mol. The molecule has 1 unspecified atom stereocenters. The average molecular weight is 298 g/mol. The molecule has 2 aromatic carbocycles. The lowest BCUT2D eigenvalue weighted by Crippen LogP contribution is -2.12. The highest BCUT2D eigenvalue weighted by Gasteiger charge is 2.22. The number of thioether (sulfide) groups is 1. The van der Waals surface area contributed by atoms with Gasteiger partial charge in [0.2, 0.25) is 5.91 Å². The Hall–Kier alpha value is -1.94. The van der Waals surface area contributed by atoms with E-state index >= 15 is 0 Å². The highest BCUT2D eigenvalue weighted by Crippen LogP contribution is 2.39. The van der Waals surface area contributed by atoms with Crippen molar-refractivity contribution in [2.75, 3.05) is 22.9 Å². The number of amides is 1. The molecule has 0 saturated heterocycles. The first-order chi connectivity index (χ1) is 10.2. The molecule has 3 nitrogen and oxygen atoms in total. The van der Waals surface area contributed by atoms with Gasteiger partial charge in [0.25, 0.3) is 0 Å². The van der Waals surface area contributed by atoms with Crippen molar-refractivity contribution in [3.8, 4) is 0 Å². The van der Waals surface area contributed by atoms with Crippen LogP contribution in [0.15, 0.2) is 53.4 Å². The third-order valence-corrected chi connectivity index (χ3v) is 4.81. The average Bonchev–Trinajstić information content (AvgIpc) is 2.89. The lowest BCUT2D eigenvalue weighted by Gasteiger charge is -2.13. The molecule has 1 atom stereocenters. The quantitative estimate of drug-likeness (QED) is 0.898. The van der Waals surface area contributed by atoms with Crippen LogP contribution in [0.2, 0.25) is 0 Å². The smallest absolute Gasteiger partial charge is 0.221 e. The standard InChI is InChI=1S/C17H18N2OS/c1-12(20)19-15-8-6-14(7-9-15)18-10-13-11-21-17-5-3-2-4-16(13)17/h2-9,13,18H,10-11H2,1H3,(H,19,20). The van der Waals surface area contributed by atoms with Crippen molar-refractivity contribution in [3.63, 3.8) is 0 Å². The van der Waals surface area contributed by atoms with Gasteiger partial charge in [0.15, 0.2) is 0 Å². The minimum Gasteiger partial charge on any atom is -0.384 e. The van der Waals surface area contributed by atoms with Crippen LogP contribution in [0.25, 0.3) is 0 Å². The van der Waals surface area contributed by atoms with Gasteiger partial charge in [-0.25, -0.2) is 0 Å². The number of hydrogen-bond donors (Lipinski definition) is 2. The minimum absolute atomic E-state index is 0.0460. The number of nitrogens with one attached hydrogen (secondary N) is 2. The van der Waals surface area contributed by atoms with E-state index in [0.717, 1.165) is 23.7 Å². The second-order valence-corrected chi connectivity index (χ2v) is 6.25. The molecule has 4 heteroatoms. The van der Waals surface area contributed by atoms with Gasteiger partial charge in [0.05, 0.1) is 0 Å². The van der Waals surface area contributed by atoms with Crippen molar-refractivity contribution in [3.05, 3.63) is 54.1 Å². The van der Waals surface area contributed by atoms with Crippen LogP contribution in [0.1, 0.15) is 18.4 Å². The van der Waals surface area contributed by atoms with E-state index in [2.05, 4.69) is 34.9 Å². The summed E-state index contributed by atoms with van der Waals surface area (Å²) in [7, 11) is 0. The first-order valence-corrected chi connectivity index (χ1v) is 8.04. The van der Waals surface area contributed by atoms with Gasteiger partial charge in [-0.15, -0.1) is 11.8 Å². The molecule has 3 rings (SSSR count). The molecule has 21 heavy (non-hydrogen) atoms. The van der Waals surface area contributed by atoms with Crippen molar-refractivity contribution < 1.29 is 4.79 Å². The van der Waals surface area contributed by atoms with E-state index in [1.54, 1.807) is 0 Å². The molecule has 0 spiro atoms. The van der Waals surface area contributed by atoms with Gasteiger partial charge in [-0.2, -0.15) is 0 Å². The Morgan fingerprint density at radius 1 is 1.14 bits per heavy atom. The number of carbonyl (C=O) groups excluding carboxylic acids is 1. The number of anilines is 2. The van der Waals surface area contributed by atoms with E-state index in [-0.39, 0.29) is 5.91 Å². The van der Waals surface area contributed by atoms with Crippen LogP contribution in [0.5, 0.6) is 0 Å². The van der Waals surface area contributed by atoms with Crippen LogP contribution >= 0.6 is 11.8 Å². The molecule has 0 radical (unpaired) electrons. The summed E-state index contributed by atoms with van der Waals surface area (Å²) in [5, 5.41) is 6.25. The highest BCUT2D eigenvalue weighted by molar-refractivity contribution is 7.99. The Morgan fingerprint density at radius 2 is 1.86 bits per heavy atom. The van der Waals surface area contributed by atoms with Crippen LogP contribution in [-0.2, 0) is 4.79 Å². The third kappa shape index (κ3) is 3.39. The summed E-state index contributed by atoms with van der Waals surface area (Å²) in [5.74, 6) is 1.65. The second-order valence-electron chi connectivity index (χ2n) is 5.19. The molecule has 0 fully saturated rings. The molecule has 1 heterocycles. The van der Waals surface area contributed by atoms with Gasteiger partial charge in [-0.3, -0.25) is 4.79 Å². The molecule has 2 aromatic rings. The number of hydrogen-bond acceptors (Lipinski definition) is 3. The predicted octanol–water partition coefficient (Wildman–Crippen LogP) is 3.95. The van der Waals surface area contributed by atoms with Crippen molar-refractivity contribution in [2.45, 2.75) is 17.7 Å². The fourth-order valence-corrected chi connectivity index (χ4v) is 3.77. The molecular weight excluding hydrogens is 280 g/mol. The van der Waals surface area contributed by atoms with E-state index in [1.807, 2.05) is 36.0 Å². The van der Waals surface area contributed by atoms with Gasteiger partial charge in [-0.05, 0) is 35.9 Å². The third-order valence-electron chi connectivity index (χ3n) is 3.56. The predicted molar refractivity (Wildman–Crippen MR) is 89.1 cm³/mol. The van der Waals surface area contributed by atoms with Gasteiger partial charge < -0.3 is 10.6 Å². The summed E-state index contributed by atoms with van der Waals surface area (Å²) in [6.45, 7) is 2.45. The molecule has 0 aromatic heterocycles. The van der Waals surface area contributed by atoms with Gasteiger partial charge in [0, 0.05) is 41.4 Å². The Bertz CT molecular complexity index is 639. The maximum Gasteiger partial charge on any atom is 0.221 e. The summed E-state index contributed by atoms with van der Waals surface area (Å²) in [5.41, 5.74) is 3.36. The number of rotatable bonds is 4. The maximum absolute atomic E-state index is 11.0. The summed E-state index contributed by atoms with van der Waals surface area (Å²) >= 11 is 1.93. The molecule has 2 N–H and O–H groups in total. The highest BCUT2D eigenvalue weighted by atomic mass is 32.2. The largest absolute Gasteiger partial charge is 0.384 e. The second kappa shape index (κ2) is 6.22. The first kappa shape index (κ1) is 14.0. The Kier molecular flexibility index (Phi) is 4.15. The van der Waals surface area contributed by atoms with Crippen molar-refractivity contribution in [1.29, 1.82) is 0 Å². The van der Waals surface area contributed by atoms with Crippen molar-refractivity contribution in [1.82, 2.24) is 0 Å². The summed E-state index contributed by atoms with van der Waals surface area (Å²) < 4.78 is 0. The molecule has 0 saturated carbocycles. The zero-order chi connectivity index (χ0) is 14.7. The van der Waals surface area contributed by atoms with Crippen LogP contribution in [0, 0.1) is 0 Å². The molecule has 0 bridgehead atoms. The lowest BCUT2D eigenvalue weighted by molar-refractivity contribution is -0.114. The van der Waals surface area contributed by atoms with Crippen molar-refractivity contribution >= 4 is 29.0 Å². The Labute approximate surface area is 129 Å². The van der Waals surface area contributed by atoms with E-state index in [0.29, 0.717) is 5.92 Å². The molecule has 1 amide bonds. The lowest BCUT2D eigenvalue weighted by atomic mass is 10.0. The summed E-state index contributed by atoms with van der Waals surface area (Å²) in [6.07, 6.45) is 0. The van der Waals surface area contributed by atoms with Crippen LogP contribution in [0.3, 0.4) is 0 Å². The van der Waals surface area contributed by atoms with Gasteiger partial charge in [0.1, 0.15) is 0 Å². The fourth-order valence-electron chi connectivity index (χ4n) is 2.51. The van der Waals surface area contributed by atoms with E-state index in [4.69, 9.17) is 0 Å². The fraction of sp³-hybridized carbons (Fsp3) is 0.235. The first-order valence-electron chi connectivity index (χ1n) is 7.05. The molecule has 108 valence electrons. The zero-order valence-corrected chi connectivity index (χ0v) is 12.7. The molecular formula is C17H18N2OS. The number of benzene rings is 2. The molecule has 1 aliphatic rings. The van der Waals surface area contributed by atoms with E-state index < -0.39 is 0 Å². The van der Waals surface area contributed by atoms with Crippen molar-refractivity contribution in [2.24, 2.45) is 0 Å². The van der Waals surface area contributed by atoms with Gasteiger partial charge in [-0.1, -0.05) is 18.2 Å². The molecule has 0 aliphatic carbocycles. The van der Waals surface area contributed by atoms with Crippen LogP contribution in [-0.4, -0.2) is 18.2 Å². The van der Waals surface area contributed by atoms with Crippen LogP contribution in [0.4, 0.5) is 11.4 Å². The molecule has 1 aliphatic heterocycles. The Morgan fingerprint density at radius 3 is 2.62 bits per heavy atom. The Balaban J connectivity index is 1.60. The topological polar surface area (TPSA) is 41.1 Å². The SMILES string of the molecule is CC(=O)Nc1ccc(NCC2CSc3ccccc32)cc1. The van der Waals surface area contributed by atoms with Crippen LogP contribution < -0.4 is 10.6 Å². The summed E-state index contributed by atoms with van der Waals surface area (Å²) in [6, 6.07) is 16.5.